The average Bonchev–Trinajstić information content (AvgIpc) is 2.77. The predicted molar refractivity (Wildman–Crippen MR) is 68.3 cm³/mol. The summed E-state index contributed by atoms with van der Waals surface area (Å²) in [5.74, 6) is 0. The first-order chi connectivity index (χ1) is 8.95. The third kappa shape index (κ3) is 3.92. The van der Waals surface area contributed by atoms with Crippen LogP contribution in [0.2, 0.25) is 0 Å². The van der Waals surface area contributed by atoms with Gasteiger partial charge in [-0.15, -0.1) is 10.2 Å². The smallest absolute Gasteiger partial charge is 0.360 e. The quantitative estimate of drug-likeness (QED) is 0.935. The maximum absolute atomic E-state index is 12.3. The molecule has 0 unspecified atom stereocenters. The van der Waals surface area contributed by atoms with Crippen molar-refractivity contribution in [3.63, 3.8) is 0 Å². The molecular formula is C12H12F3N3S. The number of hydrogen-bond donors (Lipinski definition) is 1. The van der Waals surface area contributed by atoms with E-state index in [2.05, 4.69) is 15.5 Å². The van der Waals surface area contributed by atoms with Gasteiger partial charge >= 0.3 is 6.18 Å². The zero-order valence-electron chi connectivity index (χ0n) is 10.2. The monoisotopic (exact) mass is 287 g/mol. The minimum Gasteiger partial charge on any atom is -0.360 e. The molecule has 1 aromatic carbocycles. The summed E-state index contributed by atoms with van der Waals surface area (Å²) in [4.78, 5) is 0. The number of hydrogen-bond acceptors (Lipinski definition) is 4. The minimum absolute atomic E-state index is 0.194. The lowest BCUT2D eigenvalue weighted by Crippen LogP contribution is -2.04. The van der Waals surface area contributed by atoms with Crippen molar-refractivity contribution in [2.75, 3.05) is 11.9 Å². The van der Waals surface area contributed by atoms with Gasteiger partial charge in [0.1, 0.15) is 0 Å². The van der Waals surface area contributed by atoms with Gasteiger partial charge in [-0.1, -0.05) is 41.2 Å². The van der Waals surface area contributed by atoms with Gasteiger partial charge in [-0.3, -0.25) is 0 Å². The molecule has 0 radical (unpaired) electrons. The van der Waals surface area contributed by atoms with Crippen molar-refractivity contribution in [2.24, 2.45) is 0 Å². The Morgan fingerprint density at radius 2 is 2.05 bits per heavy atom. The molecule has 0 aliphatic rings. The molecule has 0 bridgehead atoms. The van der Waals surface area contributed by atoms with Gasteiger partial charge in [-0.25, -0.2) is 0 Å². The Morgan fingerprint density at radius 3 is 2.68 bits per heavy atom. The summed E-state index contributed by atoms with van der Waals surface area (Å²) in [7, 11) is 0. The predicted octanol–water partition coefficient (Wildman–Crippen LogP) is 3.52. The fraction of sp³-hybridized carbons (Fsp3) is 0.333. The minimum atomic E-state index is -4.42. The van der Waals surface area contributed by atoms with Gasteiger partial charge < -0.3 is 5.32 Å². The van der Waals surface area contributed by atoms with Crippen LogP contribution in [0.25, 0.3) is 0 Å². The molecule has 0 spiro atoms. The number of alkyl halides is 3. The molecule has 2 aromatic rings. The van der Waals surface area contributed by atoms with Crippen LogP contribution < -0.4 is 5.32 Å². The second kappa shape index (κ2) is 5.56. The molecule has 0 atom stereocenters. The summed E-state index contributed by atoms with van der Waals surface area (Å²) >= 11 is 0.520. The fourth-order valence-electron chi connectivity index (χ4n) is 1.59. The van der Waals surface area contributed by atoms with E-state index in [1.807, 2.05) is 31.2 Å². The van der Waals surface area contributed by atoms with Crippen molar-refractivity contribution in [1.29, 1.82) is 0 Å². The molecule has 0 saturated carbocycles. The van der Waals surface area contributed by atoms with Crippen molar-refractivity contribution in [3.05, 3.63) is 40.4 Å². The van der Waals surface area contributed by atoms with E-state index < -0.39 is 11.2 Å². The van der Waals surface area contributed by atoms with E-state index >= 15 is 0 Å². The Morgan fingerprint density at radius 1 is 1.26 bits per heavy atom. The van der Waals surface area contributed by atoms with E-state index in [0.29, 0.717) is 17.9 Å². The number of aromatic nitrogens is 2. The Kier molecular flexibility index (Phi) is 4.04. The number of benzene rings is 1. The van der Waals surface area contributed by atoms with Gasteiger partial charge in [0, 0.05) is 6.54 Å². The van der Waals surface area contributed by atoms with Crippen LogP contribution in [-0.2, 0) is 12.6 Å². The average molecular weight is 287 g/mol. The van der Waals surface area contributed by atoms with Crippen molar-refractivity contribution in [3.8, 4) is 0 Å². The molecule has 3 nitrogen and oxygen atoms in total. The number of anilines is 1. The summed E-state index contributed by atoms with van der Waals surface area (Å²) < 4.78 is 36.9. The topological polar surface area (TPSA) is 37.8 Å². The first-order valence-corrected chi connectivity index (χ1v) is 6.47. The van der Waals surface area contributed by atoms with Gasteiger partial charge in [0.2, 0.25) is 10.1 Å². The fourth-order valence-corrected chi connectivity index (χ4v) is 2.23. The standard InChI is InChI=1S/C12H12F3N3S/c1-8-3-2-4-9(7-8)5-6-16-11-18-17-10(19-11)12(13,14)15/h2-4,7H,5-6H2,1H3,(H,16,18). The Bertz CT molecular complexity index is 551. The van der Waals surface area contributed by atoms with Crippen LogP contribution in [0.5, 0.6) is 0 Å². The molecule has 1 N–H and O–H groups in total. The van der Waals surface area contributed by atoms with Crippen molar-refractivity contribution >= 4 is 16.5 Å². The van der Waals surface area contributed by atoms with Crippen LogP contribution in [0.4, 0.5) is 18.3 Å². The van der Waals surface area contributed by atoms with Gasteiger partial charge in [0.15, 0.2) is 0 Å². The third-order valence-corrected chi connectivity index (χ3v) is 3.37. The molecule has 0 saturated heterocycles. The van der Waals surface area contributed by atoms with Crippen LogP contribution in [0.3, 0.4) is 0 Å². The zero-order chi connectivity index (χ0) is 13.9. The first kappa shape index (κ1) is 13.8. The first-order valence-electron chi connectivity index (χ1n) is 5.65. The molecule has 102 valence electrons. The molecule has 0 aliphatic heterocycles. The van der Waals surface area contributed by atoms with E-state index in [-0.39, 0.29) is 5.13 Å². The second-order valence-corrected chi connectivity index (χ2v) is 5.05. The molecule has 0 fully saturated rings. The normalized spacial score (nSPS) is 11.6. The molecule has 0 amide bonds. The molecule has 0 aliphatic carbocycles. The Labute approximate surface area is 112 Å². The summed E-state index contributed by atoms with van der Waals surface area (Å²) in [5, 5.41) is 8.70. The van der Waals surface area contributed by atoms with Gasteiger partial charge in [0.25, 0.3) is 0 Å². The lowest BCUT2D eigenvalue weighted by atomic mass is 10.1. The maximum atomic E-state index is 12.3. The van der Waals surface area contributed by atoms with Crippen molar-refractivity contribution < 1.29 is 13.2 Å². The number of nitrogens with one attached hydrogen (secondary N) is 1. The highest BCUT2D eigenvalue weighted by atomic mass is 32.1. The Hall–Kier alpha value is -1.63. The number of aryl methyl sites for hydroxylation is 1. The van der Waals surface area contributed by atoms with Gasteiger partial charge in [-0.2, -0.15) is 13.2 Å². The molecule has 2 rings (SSSR count). The van der Waals surface area contributed by atoms with Crippen LogP contribution in [-0.4, -0.2) is 16.7 Å². The molecule has 7 heteroatoms. The maximum Gasteiger partial charge on any atom is 0.445 e. The molecule has 1 aromatic heterocycles. The van der Waals surface area contributed by atoms with Crippen LogP contribution >= 0.6 is 11.3 Å². The van der Waals surface area contributed by atoms with Gasteiger partial charge in [-0.05, 0) is 18.9 Å². The van der Waals surface area contributed by atoms with E-state index in [1.54, 1.807) is 0 Å². The SMILES string of the molecule is Cc1cccc(CCNc2nnc(C(F)(F)F)s2)c1. The van der Waals surface area contributed by atoms with E-state index in [0.717, 1.165) is 17.5 Å². The summed E-state index contributed by atoms with van der Waals surface area (Å²) in [5.41, 5.74) is 2.29. The summed E-state index contributed by atoms with van der Waals surface area (Å²) in [6, 6.07) is 7.98. The van der Waals surface area contributed by atoms with Crippen molar-refractivity contribution in [1.82, 2.24) is 10.2 Å². The number of halogens is 3. The molecular weight excluding hydrogens is 275 g/mol. The third-order valence-electron chi connectivity index (χ3n) is 2.44. The Balaban J connectivity index is 1.88. The van der Waals surface area contributed by atoms with Crippen molar-refractivity contribution in [2.45, 2.75) is 19.5 Å². The zero-order valence-corrected chi connectivity index (χ0v) is 11.0. The van der Waals surface area contributed by atoms with E-state index in [4.69, 9.17) is 0 Å². The van der Waals surface area contributed by atoms with Crippen LogP contribution in [0.15, 0.2) is 24.3 Å². The number of rotatable bonds is 4. The molecule has 19 heavy (non-hydrogen) atoms. The lowest BCUT2D eigenvalue weighted by molar-refractivity contribution is -0.138. The summed E-state index contributed by atoms with van der Waals surface area (Å²) in [6.45, 7) is 2.52. The molecule has 1 heterocycles. The van der Waals surface area contributed by atoms with E-state index in [1.165, 1.54) is 0 Å². The second-order valence-electron chi connectivity index (χ2n) is 4.08. The highest BCUT2D eigenvalue weighted by Gasteiger charge is 2.35. The van der Waals surface area contributed by atoms with Gasteiger partial charge in [0.05, 0.1) is 0 Å². The largest absolute Gasteiger partial charge is 0.445 e. The van der Waals surface area contributed by atoms with E-state index in [9.17, 15) is 13.2 Å². The van der Waals surface area contributed by atoms with Crippen LogP contribution in [0, 0.1) is 6.92 Å². The highest BCUT2D eigenvalue weighted by molar-refractivity contribution is 7.15. The number of nitrogens with zero attached hydrogens (tertiary/aromatic N) is 2. The summed E-state index contributed by atoms with van der Waals surface area (Å²) in [6.07, 6.45) is -3.70. The lowest BCUT2D eigenvalue weighted by Gasteiger charge is -2.03. The highest BCUT2D eigenvalue weighted by Crippen LogP contribution is 2.32. The van der Waals surface area contributed by atoms with Crippen LogP contribution in [0.1, 0.15) is 16.1 Å².